The lowest BCUT2D eigenvalue weighted by Gasteiger charge is -2.43. The number of thiophene rings is 1. The number of aliphatic hydroxyl groups excluding tert-OH is 3. The first-order chi connectivity index (χ1) is 19.2. The maximum Gasteiger partial charge on any atom is 0.261 e. The molecule has 40 heavy (non-hydrogen) atoms. The van der Waals surface area contributed by atoms with Crippen molar-refractivity contribution in [3.05, 3.63) is 124 Å². The molecule has 2 heterocycles. The van der Waals surface area contributed by atoms with Crippen molar-refractivity contribution in [3.63, 3.8) is 0 Å². The highest BCUT2D eigenvalue weighted by molar-refractivity contribution is 7.10. The highest BCUT2D eigenvalue weighted by Gasteiger charge is 2.50. The normalized spacial score (nSPS) is 13.4. The molecule has 0 aliphatic heterocycles. The van der Waals surface area contributed by atoms with E-state index in [1.807, 2.05) is 29.6 Å². The predicted molar refractivity (Wildman–Crippen MR) is 163 cm³/mol. The molecule has 0 unspecified atom stereocenters. The van der Waals surface area contributed by atoms with Gasteiger partial charge in [0.2, 0.25) is 0 Å². The van der Waals surface area contributed by atoms with Crippen LogP contribution < -0.4 is 10.4 Å². The molecule has 3 N–H and O–H groups in total. The van der Waals surface area contributed by atoms with Gasteiger partial charge in [-0.05, 0) is 50.6 Å². The molecular formula is C33H38O5SSi. The van der Waals surface area contributed by atoms with Crippen LogP contribution in [0.4, 0.5) is 0 Å². The van der Waals surface area contributed by atoms with Crippen molar-refractivity contribution >= 4 is 30.0 Å². The van der Waals surface area contributed by atoms with E-state index >= 15 is 0 Å². The Kier molecular flexibility index (Phi) is 10.2. The van der Waals surface area contributed by atoms with Crippen LogP contribution in [0.1, 0.15) is 62.2 Å². The first-order valence-electron chi connectivity index (χ1n) is 13.5. The fourth-order valence-corrected chi connectivity index (χ4v) is 10.3. The van der Waals surface area contributed by atoms with E-state index in [9.17, 15) is 15.3 Å². The Labute approximate surface area is 241 Å². The van der Waals surface area contributed by atoms with Gasteiger partial charge in [-0.25, -0.2) is 0 Å². The van der Waals surface area contributed by atoms with Gasteiger partial charge in [0.25, 0.3) is 8.32 Å². The lowest BCUT2D eigenvalue weighted by Crippen LogP contribution is -2.66. The Balaban J connectivity index is 1.68. The molecule has 210 valence electrons. The second-order valence-corrected chi connectivity index (χ2v) is 16.1. The number of hydrogen-bond acceptors (Lipinski definition) is 6. The monoisotopic (exact) mass is 574 g/mol. The molecular weight excluding hydrogens is 537 g/mol. The Morgan fingerprint density at radius 3 is 2.10 bits per heavy atom. The molecule has 0 aliphatic carbocycles. The van der Waals surface area contributed by atoms with Gasteiger partial charge in [0, 0.05) is 17.7 Å². The Bertz CT molecular complexity index is 1340. The maximum absolute atomic E-state index is 11.0. The molecule has 4 rings (SSSR count). The number of hydrogen-bond donors (Lipinski definition) is 3. The molecule has 0 bridgehead atoms. The van der Waals surface area contributed by atoms with Gasteiger partial charge in [-0.15, -0.1) is 17.1 Å². The second kappa shape index (κ2) is 13.6. The molecule has 5 nitrogen and oxygen atoms in total. The minimum absolute atomic E-state index is 0.184. The van der Waals surface area contributed by atoms with Crippen LogP contribution in [0.2, 0.25) is 5.04 Å². The zero-order valence-corrected chi connectivity index (χ0v) is 25.1. The highest BCUT2D eigenvalue weighted by atomic mass is 32.1. The van der Waals surface area contributed by atoms with E-state index in [2.05, 4.69) is 75.0 Å². The average molecular weight is 575 g/mol. The Hall–Kier alpha value is -3.00. The van der Waals surface area contributed by atoms with Crippen LogP contribution in [0.5, 0.6) is 0 Å². The van der Waals surface area contributed by atoms with Gasteiger partial charge in [0.05, 0.1) is 12.7 Å². The number of furan rings is 1. The topological polar surface area (TPSA) is 83.1 Å². The Morgan fingerprint density at radius 2 is 1.57 bits per heavy atom. The summed E-state index contributed by atoms with van der Waals surface area (Å²) in [5.74, 6) is 0.804. The van der Waals surface area contributed by atoms with Crippen molar-refractivity contribution < 1.29 is 24.2 Å². The van der Waals surface area contributed by atoms with E-state index in [0.29, 0.717) is 17.9 Å². The van der Waals surface area contributed by atoms with Gasteiger partial charge >= 0.3 is 0 Å². The summed E-state index contributed by atoms with van der Waals surface area (Å²) >= 11 is 1.52. The smallest absolute Gasteiger partial charge is 0.261 e. The summed E-state index contributed by atoms with van der Waals surface area (Å²) in [6.07, 6.45) is 0.864. The first kappa shape index (κ1) is 30.0. The fraction of sp³-hybridized carbons (Fsp3) is 0.303. The summed E-state index contributed by atoms with van der Waals surface area (Å²) in [6, 6.07) is 28.1. The van der Waals surface area contributed by atoms with Crippen molar-refractivity contribution in [1.82, 2.24) is 0 Å². The predicted octanol–water partition coefficient (Wildman–Crippen LogP) is 6.04. The van der Waals surface area contributed by atoms with Crippen molar-refractivity contribution in [2.24, 2.45) is 0 Å². The van der Waals surface area contributed by atoms with Gasteiger partial charge in [0.15, 0.2) is 0 Å². The van der Waals surface area contributed by atoms with Crippen LogP contribution in [0.3, 0.4) is 0 Å². The summed E-state index contributed by atoms with van der Waals surface area (Å²) in [6.45, 7) is 6.78. The third kappa shape index (κ3) is 7.00. The molecule has 0 fully saturated rings. The van der Waals surface area contributed by atoms with Gasteiger partial charge in [-0.3, -0.25) is 0 Å². The van der Waals surface area contributed by atoms with Crippen molar-refractivity contribution in [2.45, 2.75) is 57.5 Å². The maximum atomic E-state index is 11.0. The SMILES string of the molecule is CC(C)(C)[Si](OCC(=C=CC[C@@H](O)c1ccc(CO)o1)C[C@@H](O)c1cccs1)(c1ccccc1)c1ccccc1. The fourth-order valence-electron chi connectivity index (χ4n) is 5.02. The molecule has 0 radical (unpaired) electrons. The average Bonchev–Trinajstić information content (AvgIpc) is 3.66. The molecule has 0 spiro atoms. The van der Waals surface area contributed by atoms with Crippen molar-refractivity contribution in [1.29, 1.82) is 0 Å². The van der Waals surface area contributed by atoms with Gasteiger partial charge in [0.1, 0.15) is 24.2 Å². The minimum Gasteiger partial charge on any atom is -0.461 e. The molecule has 2 atom stereocenters. The molecule has 0 aliphatic rings. The van der Waals surface area contributed by atoms with Crippen LogP contribution in [0, 0.1) is 0 Å². The number of benzene rings is 2. The van der Waals surface area contributed by atoms with Gasteiger partial charge in [-0.1, -0.05) is 87.5 Å². The lowest BCUT2D eigenvalue weighted by molar-refractivity contribution is 0.145. The van der Waals surface area contributed by atoms with Crippen molar-refractivity contribution in [2.75, 3.05) is 6.61 Å². The molecule has 0 amide bonds. The Morgan fingerprint density at radius 1 is 0.925 bits per heavy atom. The van der Waals surface area contributed by atoms with Crippen LogP contribution in [-0.2, 0) is 11.0 Å². The van der Waals surface area contributed by atoms with E-state index in [-0.39, 0.29) is 24.7 Å². The molecule has 0 saturated carbocycles. The highest BCUT2D eigenvalue weighted by Crippen LogP contribution is 2.37. The van der Waals surface area contributed by atoms with Crippen LogP contribution in [0.25, 0.3) is 0 Å². The van der Waals surface area contributed by atoms with Crippen molar-refractivity contribution in [3.8, 4) is 0 Å². The summed E-state index contributed by atoms with van der Waals surface area (Å²) in [5, 5.41) is 35.0. The van der Waals surface area contributed by atoms with E-state index in [1.165, 1.54) is 21.7 Å². The van der Waals surface area contributed by atoms with Gasteiger partial charge in [-0.2, -0.15) is 0 Å². The standard InChI is InChI=1S/C33H38O5SSi/c1-33(2,3)40(27-13-6-4-7-14-27,28-15-8-5-9-16-28)37-24-25(22-30(36)32-18-11-21-39-32)12-10-17-29(35)31-20-19-26(23-34)38-31/h4-11,13-16,18-21,29-30,34-36H,17,22-24H2,1-3H3/t12?,29-,30-/m1/s1. The summed E-state index contributed by atoms with van der Waals surface area (Å²) in [4.78, 5) is 0.886. The molecule has 0 saturated heterocycles. The van der Waals surface area contributed by atoms with Crippen LogP contribution in [0.15, 0.2) is 112 Å². The second-order valence-electron chi connectivity index (χ2n) is 10.9. The summed E-state index contributed by atoms with van der Waals surface area (Å²) in [7, 11) is -2.79. The third-order valence-corrected chi connectivity index (χ3v) is 13.0. The number of rotatable bonds is 12. The van der Waals surface area contributed by atoms with Gasteiger partial charge < -0.3 is 24.2 Å². The lowest BCUT2D eigenvalue weighted by atomic mass is 10.1. The van der Waals surface area contributed by atoms with Crippen LogP contribution >= 0.6 is 11.3 Å². The molecule has 2 aromatic carbocycles. The quantitative estimate of drug-likeness (QED) is 0.142. The zero-order valence-electron chi connectivity index (χ0n) is 23.3. The largest absolute Gasteiger partial charge is 0.461 e. The first-order valence-corrected chi connectivity index (χ1v) is 16.3. The van der Waals surface area contributed by atoms with E-state index in [1.54, 1.807) is 18.2 Å². The van der Waals surface area contributed by atoms with Crippen LogP contribution in [-0.4, -0.2) is 30.2 Å². The molecule has 4 aromatic rings. The zero-order chi connectivity index (χ0) is 28.6. The van der Waals surface area contributed by atoms with E-state index in [0.717, 1.165) is 10.5 Å². The summed E-state index contributed by atoms with van der Waals surface area (Å²) in [5.41, 5.74) is 4.16. The molecule has 7 heteroatoms. The summed E-state index contributed by atoms with van der Waals surface area (Å²) < 4.78 is 12.6. The molecule has 2 aromatic heterocycles. The third-order valence-electron chi connectivity index (χ3n) is 7.01. The van der Waals surface area contributed by atoms with E-state index < -0.39 is 20.5 Å². The number of aliphatic hydroxyl groups is 3. The van der Waals surface area contributed by atoms with E-state index in [4.69, 9.17) is 8.84 Å². The minimum atomic E-state index is -2.79.